The van der Waals surface area contributed by atoms with Crippen molar-refractivity contribution in [2.24, 2.45) is 0 Å². The maximum Gasteiger partial charge on any atom is 0.291 e. The fourth-order valence-electron chi connectivity index (χ4n) is 1.29. The van der Waals surface area contributed by atoms with Crippen molar-refractivity contribution < 1.29 is 4.79 Å². The smallest absolute Gasteiger partial charge is 0.291 e. The number of benzene rings is 1. The monoisotopic (exact) mass is 403 g/mol. The van der Waals surface area contributed by atoms with Gasteiger partial charge in [-0.25, -0.2) is 0 Å². The van der Waals surface area contributed by atoms with Gasteiger partial charge in [-0.05, 0) is 46.9 Å². The summed E-state index contributed by atoms with van der Waals surface area (Å²) in [5.41, 5.74) is 0.237. The van der Waals surface area contributed by atoms with Gasteiger partial charge in [0.25, 0.3) is 5.56 Å². The number of carbonyl (C=O) groups excluding carboxylic acids is 1. The van der Waals surface area contributed by atoms with Crippen molar-refractivity contribution in [2.75, 3.05) is 16.9 Å². The molecular weight excluding hydrogens is 393 g/mol. The summed E-state index contributed by atoms with van der Waals surface area (Å²) in [4.78, 5) is 23.0. The molecule has 0 aliphatic carbocycles. The van der Waals surface area contributed by atoms with E-state index in [0.717, 1.165) is 26.2 Å². The van der Waals surface area contributed by atoms with E-state index >= 15 is 0 Å². The van der Waals surface area contributed by atoms with Gasteiger partial charge in [0.2, 0.25) is 11.1 Å². The molecule has 2 aromatic rings. The van der Waals surface area contributed by atoms with Gasteiger partial charge >= 0.3 is 0 Å². The highest BCUT2D eigenvalue weighted by molar-refractivity contribution is 14.1. The Morgan fingerprint density at radius 3 is 2.80 bits per heavy atom. The van der Waals surface area contributed by atoms with Gasteiger partial charge in [-0.1, -0.05) is 11.8 Å². The minimum atomic E-state index is -0.472. The Hall–Kier alpha value is -1.62. The minimum Gasteiger partial charge on any atom is -0.334 e. The van der Waals surface area contributed by atoms with Crippen LogP contribution in [0.15, 0.2) is 40.4 Å². The van der Waals surface area contributed by atoms with Crippen LogP contribution in [0.1, 0.15) is 0 Å². The highest BCUT2D eigenvalue weighted by Crippen LogP contribution is 2.14. The molecule has 1 amide bonds. The van der Waals surface area contributed by atoms with E-state index in [4.69, 9.17) is 5.84 Å². The first-order valence-electron chi connectivity index (χ1n) is 5.44. The molecule has 0 atom stereocenters. The molecule has 0 radical (unpaired) electrons. The molecule has 0 aliphatic heterocycles. The summed E-state index contributed by atoms with van der Waals surface area (Å²) in [5.74, 6) is 5.36. The van der Waals surface area contributed by atoms with E-state index in [1.54, 1.807) is 0 Å². The predicted octanol–water partition coefficient (Wildman–Crippen LogP) is 0.687. The van der Waals surface area contributed by atoms with Gasteiger partial charge in [0, 0.05) is 9.26 Å². The van der Waals surface area contributed by atoms with Crippen LogP contribution >= 0.6 is 34.4 Å². The number of thioether (sulfide) groups is 1. The number of hydrogen-bond acceptors (Lipinski definition) is 6. The van der Waals surface area contributed by atoms with Crippen molar-refractivity contribution in [3.05, 3.63) is 44.4 Å². The first kappa shape index (κ1) is 14.8. The van der Waals surface area contributed by atoms with E-state index in [1.165, 1.54) is 0 Å². The maximum atomic E-state index is 11.8. The van der Waals surface area contributed by atoms with Gasteiger partial charge in [0.05, 0.1) is 5.75 Å². The molecule has 1 aromatic carbocycles. The standard InChI is InChI=1S/C11H10IN5O2S/c12-7-1-3-8(4-2-7)15-9(18)6-20-11-16-14-5-10(19)17(11)13/h1-5H,6,13H2,(H,15,18). The molecule has 7 nitrogen and oxygen atoms in total. The number of anilines is 1. The number of amides is 1. The summed E-state index contributed by atoms with van der Waals surface area (Å²) < 4.78 is 1.94. The highest BCUT2D eigenvalue weighted by Gasteiger charge is 2.08. The van der Waals surface area contributed by atoms with Crippen LogP contribution in [0, 0.1) is 3.57 Å². The third kappa shape index (κ3) is 3.93. The van der Waals surface area contributed by atoms with Crippen molar-refractivity contribution in [3.63, 3.8) is 0 Å². The van der Waals surface area contributed by atoms with Crippen molar-refractivity contribution >= 4 is 45.9 Å². The number of carbonyl (C=O) groups is 1. The van der Waals surface area contributed by atoms with Gasteiger partial charge in [0.1, 0.15) is 6.20 Å². The summed E-state index contributed by atoms with van der Waals surface area (Å²) in [6.45, 7) is 0. The number of hydrogen-bond donors (Lipinski definition) is 2. The van der Waals surface area contributed by atoms with Crippen LogP contribution in [0.25, 0.3) is 0 Å². The molecule has 0 spiro atoms. The van der Waals surface area contributed by atoms with Gasteiger partial charge in [0.15, 0.2) is 0 Å². The van der Waals surface area contributed by atoms with Crippen LogP contribution in [-0.2, 0) is 4.79 Å². The summed E-state index contributed by atoms with van der Waals surface area (Å²) in [5, 5.41) is 10.1. The second-order valence-electron chi connectivity index (χ2n) is 3.68. The fourth-order valence-corrected chi connectivity index (χ4v) is 2.32. The molecule has 1 heterocycles. The second-order valence-corrected chi connectivity index (χ2v) is 5.87. The normalized spacial score (nSPS) is 10.2. The van der Waals surface area contributed by atoms with Crippen LogP contribution in [0.3, 0.4) is 0 Å². The van der Waals surface area contributed by atoms with Crippen molar-refractivity contribution in [2.45, 2.75) is 5.16 Å². The number of nitrogens with two attached hydrogens (primary N) is 1. The molecule has 9 heteroatoms. The molecule has 0 saturated carbocycles. The lowest BCUT2D eigenvalue weighted by Crippen LogP contribution is -2.30. The lowest BCUT2D eigenvalue weighted by molar-refractivity contribution is -0.113. The van der Waals surface area contributed by atoms with Gasteiger partial charge < -0.3 is 11.2 Å². The van der Waals surface area contributed by atoms with Crippen LogP contribution in [-0.4, -0.2) is 26.5 Å². The number of nitrogens with zero attached hydrogens (tertiary/aromatic N) is 3. The molecule has 1 aromatic heterocycles. The molecule has 20 heavy (non-hydrogen) atoms. The van der Waals surface area contributed by atoms with Crippen LogP contribution in [0.2, 0.25) is 0 Å². The number of rotatable bonds is 4. The van der Waals surface area contributed by atoms with Crippen LogP contribution in [0.5, 0.6) is 0 Å². The quantitative estimate of drug-likeness (QED) is 0.443. The average Bonchev–Trinajstić information content (AvgIpc) is 2.43. The number of nitrogens with one attached hydrogen (secondary N) is 1. The maximum absolute atomic E-state index is 11.8. The minimum absolute atomic E-state index is 0.0846. The average molecular weight is 403 g/mol. The molecule has 0 bridgehead atoms. The van der Waals surface area contributed by atoms with E-state index in [9.17, 15) is 9.59 Å². The second kappa shape index (κ2) is 6.70. The predicted molar refractivity (Wildman–Crippen MR) is 85.0 cm³/mol. The fraction of sp³-hybridized carbons (Fsp3) is 0.0909. The Morgan fingerprint density at radius 2 is 2.10 bits per heavy atom. The van der Waals surface area contributed by atoms with E-state index in [-0.39, 0.29) is 16.8 Å². The zero-order chi connectivity index (χ0) is 14.5. The lowest BCUT2D eigenvalue weighted by Gasteiger charge is -2.06. The summed E-state index contributed by atoms with van der Waals surface area (Å²) in [6, 6.07) is 7.41. The van der Waals surface area contributed by atoms with Crippen molar-refractivity contribution in [1.82, 2.24) is 14.9 Å². The summed E-state index contributed by atoms with van der Waals surface area (Å²) in [7, 11) is 0. The van der Waals surface area contributed by atoms with Crippen LogP contribution < -0.4 is 16.7 Å². The Labute approximate surface area is 132 Å². The van der Waals surface area contributed by atoms with E-state index < -0.39 is 5.56 Å². The number of nitrogen functional groups attached to an aromatic ring is 1. The van der Waals surface area contributed by atoms with Crippen molar-refractivity contribution in [1.29, 1.82) is 0 Å². The zero-order valence-electron chi connectivity index (χ0n) is 10.1. The Morgan fingerprint density at radius 1 is 1.40 bits per heavy atom. The molecule has 2 rings (SSSR count). The summed E-state index contributed by atoms with van der Waals surface area (Å²) >= 11 is 3.23. The lowest BCUT2D eigenvalue weighted by atomic mass is 10.3. The topological polar surface area (TPSA) is 103 Å². The molecular formula is C11H10IN5O2S. The molecule has 0 fully saturated rings. The third-order valence-corrected chi connectivity index (χ3v) is 3.88. The third-order valence-electron chi connectivity index (χ3n) is 2.22. The molecule has 0 unspecified atom stereocenters. The molecule has 0 saturated heterocycles. The van der Waals surface area contributed by atoms with E-state index in [1.807, 2.05) is 24.3 Å². The number of halogens is 1. The first-order chi connectivity index (χ1) is 9.56. The Bertz CT molecular complexity index is 673. The van der Waals surface area contributed by atoms with Crippen LogP contribution in [0.4, 0.5) is 5.69 Å². The summed E-state index contributed by atoms with van der Waals surface area (Å²) in [6.07, 6.45) is 1.01. The Balaban J connectivity index is 1.94. The first-order valence-corrected chi connectivity index (χ1v) is 7.51. The largest absolute Gasteiger partial charge is 0.334 e. The molecule has 3 N–H and O–H groups in total. The highest BCUT2D eigenvalue weighted by atomic mass is 127. The SMILES string of the molecule is Nn1c(SCC(=O)Nc2ccc(I)cc2)nncc1=O. The van der Waals surface area contributed by atoms with Gasteiger partial charge in [-0.15, -0.1) is 5.10 Å². The Kier molecular flexibility index (Phi) is 4.95. The van der Waals surface area contributed by atoms with Gasteiger partial charge in [-0.3, -0.25) is 9.59 Å². The number of aromatic nitrogens is 3. The molecule has 104 valence electrons. The molecule has 0 aliphatic rings. The van der Waals surface area contributed by atoms with E-state index in [2.05, 4.69) is 38.1 Å². The van der Waals surface area contributed by atoms with Gasteiger partial charge in [-0.2, -0.15) is 9.77 Å². The van der Waals surface area contributed by atoms with E-state index in [0.29, 0.717) is 5.69 Å². The van der Waals surface area contributed by atoms with Crippen molar-refractivity contribution in [3.8, 4) is 0 Å². The zero-order valence-corrected chi connectivity index (χ0v) is 13.1.